The topological polar surface area (TPSA) is 60.7 Å². The van der Waals surface area contributed by atoms with Gasteiger partial charge in [0.15, 0.2) is 4.33 Å². The normalized spacial score (nSPS) is 14.2. The lowest BCUT2D eigenvalue weighted by Crippen LogP contribution is -2.43. The minimum absolute atomic E-state index is 1.05. The summed E-state index contributed by atoms with van der Waals surface area (Å²) >= 11 is 10.0. The largest absolute Gasteiger partial charge is 0.341 e. The molecule has 0 heterocycles. The molecule has 0 spiro atoms. The smallest absolute Gasteiger partial charge is 0.310 e. The number of aliphatic hydroxyl groups is 3. The van der Waals surface area contributed by atoms with E-state index in [0.29, 0.717) is 0 Å². The van der Waals surface area contributed by atoms with Crippen LogP contribution in [0.15, 0.2) is 0 Å². The Morgan fingerprint density at radius 2 is 1.25 bits per heavy atom. The minimum atomic E-state index is -3.03. The van der Waals surface area contributed by atoms with Gasteiger partial charge in [0.25, 0.3) is 0 Å². The Labute approximate surface area is 56.5 Å². The fraction of sp³-hybridized carbons (Fsp3) is 1.00. The van der Waals surface area contributed by atoms with E-state index in [0.717, 1.165) is 6.92 Å². The van der Waals surface area contributed by atoms with Crippen molar-refractivity contribution in [1.82, 2.24) is 0 Å². The molecule has 5 heteroatoms. The summed E-state index contributed by atoms with van der Waals surface area (Å²) in [6, 6.07) is 0. The van der Waals surface area contributed by atoms with Crippen molar-refractivity contribution in [2.75, 3.05) is 0 Å². The molecular formula is C3H6Cl2O3. The van der Waals surface area contributed by atoms with Crippen LogP contribution in [-0.4, -0.2) is 25.6 Å². The van der Waals surface area contributed by atoms with E-state index >= 15 is 0 Å². The standard InChI is InChI=1S/C3H6Cl2O3/c1-2(4,5)3(6,7)8/h6-8H,1H3. The van der Waals surface area contributed by atoms with Gasteiger partial charge in [-0.05, 0) is 6.92 Å². The molecule has 0 radical (unpaired) electrons. The fourth-order valence-electron chi connectivity index (χ4n) is 0. The number of alkyl halides is 2. The van der Waals surface area contributed by atoms with Crippen molar-refractivity contribution in [3.05, 3.63) is 0 Å². The van der Waals surface area contributed by atoms with Gasteiger partial charge < -0.3 is 15.3 Å². The zero-order chi connectivity index (χ0) is 7.00. The van der Waals surface area contributed by atoms with E-state index in [1.54, 1.807) is 0 Å². The minimum Gasteiger partial charge on any atom is -0.341 e. The van der Waals surface area contributed by atoms with Crippen molar-refractivity contribution < 1.29 is 15.3 Å². The third-order valence-electron chi connectivity index (χ3n) is 0.589. The maximum atomic E-state index is 8.20. The van der Waals surface area contributed by atoms with E-state index < -0.39 is 10.3 Å². The summed E-state index contributed by atoms with van der Waals surface area (Å²) in [5, 5.41) is 24.6. The molecule has 8 heavy (non-hydrogen) atoms. The lowest BCUT2D eigenvalue weighted by atomic mass is 10.4. The molecule has 0 aromatic carbocycles. The Morgan fingerprint density at radius 1 is 1.12 bits per heavy atom. The second kappa shape index (κ2) is 2.01. The van der Waals surface area contributed by atoms with E-state index in [9.17, 15) is 0 Å². The first-order valence-corrected chi connectivity index (χ1v) is 2.55. The van der Waals surface area contributed by atoms with Crippen LogP contribution in [0, 0.1) is 0 Å². The van der Waals surface area contributed by atoms with E-state index in [1.807, 2.05) is 0 Å². The van der Waals surface area contributed by atoms with Gasteiger partial charge in [0.1, 0.15) is 0 Å². The maximum absolute atomic E-state index is 8.20. The number of halogens is 2. The first kappa shape index (κ1) is 8.46. The van der Waals surface area contributed by atoms with Crippen molar-refractivity contribution in [1.29, 1.82) is 0 Å². The van der Waals surface area contributed by atoms with Gasteiger partial charge >= 0.3 is 5.97 Å². The maximum Gasteiger partial charge on any atom is 0.310 e. The van der Waals surface area contributed by atoms with Crippen molar-refractivity contribution in [3.63, 3.8) is 0 Å². The SMILES string of the molecule is CC(Cl)(Cl)C(O)(O)O. The number of hydrogen-bond acceptors (Lipinski definition) is 3. The Bertz CT molecular complexity index is 67.5. The third-order valence-corrected chi connectivity index (χ3v) is 1.10. The Balaban J connectivity index is 4.02. The van der Waals surface area contributed by atoms with Gasteiger partial charge in [-0.3, -0.25) is 0 Å². The van der Waals surface area contributed by atoms with Gasteiger partial charge in [0.2, 0.25) is 0 Å². The summed E-state index contributed by atoms with van der Waals surface area (Å²) < 4.78 is -1.95. The summed E-state index contributed by atoms with van der Waals surface area (Å²) in [4.78, 5) is 0. The van der Waals surface area contributed by atoms with E-state index in [-0.39, 0.29) is 0 Å². The molecule has 0 aromatic rings. The molecule has 3 nitrogen and oxygen atoms in total. The van der Waals surface area contributed by atoms with E-state index in [4.69, 9.17) is 38.5 Å². The molecule has 0 rings (SSSR count). The van der Waals surface area contributed by atoms with Gasteiger partial charge in [-0.15, -0.1) is 0 Å². The van der Waals surface area contributed by atoms with Crippen molar-refractivity contribution in [3.8, 4) is 0 Å². The molecule has 0 aromatic heterocycles. The highest BCUT2D eigenvalue weighted by Crippen LogP contribution is 2.28. The van der Waals surface area contributed by atoms with E-state index in [2.05, 4.69) is 0 Å². The monoisotopic (exact) mass is 160 g/mol. The van der Waals surface area contributed by atoms with Crippen LogP contribution in [0.5, 0.6) is 0 Å². The van der Waals surface area contributed by atoms with Crippen LogP contribution in [0.2, 0.25) is 0 Å². The molecular weight excluding hydrogens is 155 g/mol. The van der Waals surface area contributed by atoms with Crippen LogP contribution in [0.25, 0.3) is 0 Å². The molecule has 0 aliphatic rings. The zero-order valence-corrected chi connectivity index (χ0v) is 5.61. The van der Waals surface area contributed by atoms with Crippen LogP contribution >= 0.6 is 23.2 Å². The first-order valence-electron chi connectivity index (χ1n) is 1.80. The molecule has 0 saturated heterocycles. The number of rotatable bonds is 1. The summed E-state index contributed by atoms with van der Waals surface area (Å²) in [5.41, 5.74) is 0. The fourth-order valence-corrected chi connectivity index (χ4v) is 0. The van der Waals surface area contributed by atoms with Gasteiger partial charge in [-0.1, -0.05) is 23.2 Å². The number of hydrogen-bond donors (Lipinski definition) is 3. The average Bonchev–Trinajstić information content (AvgIpc) is 1.25. The van der Waals surface area contributed by atoms with E-state index in [1.165, 1.54) is 0 Å². The summed E-state index contributed by atoms with van der Waals surface area (Å²) in [6.45, 7) is 1.05. The summed E-state index contributed by atoms with van der Waals surface area (Å²) in [7, 11) is 0. The second-order valence-electron chi connectivity index (χ2n) is 1.52. The van der Waals surface area contributed by atoms with Crippen LogP contribution in [0.1, 0.15) is 6.92 Å². The highest BCUT2D eigenvalue weighted by Gasteiger charge is 2.41. The van der Waals surface area contributed by atoms with Crippen LogP contribution in [-0.2, 0) is 0 Å². The predicted octanol–water partition coefficient (Wildman–Crippen LogP) is -0.189. The van der Waals surface area contributed by atoms with Gasteiger partial charge in [0.05, 0.1) is 0 Å². The summed E-state index contributed by atoms with van der Waals surface area (Å²) in [5.74, 6) is -3.03. The Kier molecular flexibility index (Phi) is 2.12. The van der Waals surface area contributed by atoms with Gasteiger partial charge in [-0.2, -0.15) is 0 Å². The molecule has 3 N–H and O–H groups in total. The third kappa shape index (κ3) is 2.15. The first-order chi connectivity index (χ1) is 3.25. The zero-order valence-electron chi connectivity index (χ0n) is 4.10. The lowest BCUT2D eigenvalue weighted by molar-refractivity contribution is -0.316. The highest BCUT2D eigenvalue weighted by atomic mass is 35.5. The quantitative estimate of drug-likeness (QED) is 0.369. The summed E-state index contributed by atoms with van der Waals surface area (Å²) in [6.07, 6.45) is 0. The van der Waals surface area contributed by atoms with Crippen LogP contribution in [0.4, 0.5) is 0 Å². The van der Waals surface area contributed by atoms with Crippen molar-refractivity contribution in [2.45, 2.75) is 17.2 Å². The van der Waals surface area contributed by atoms with Crippen LogP contribution in [0.3, 0.4) is 0 Å². The molecule has 0 bridgehead atoms. The molecule has 0 atom stereocenters. The van der Waals surface area contributed by atoms with Gasteiger partial charge in [0, 0.05) is 0 Å². The molecule has 0 fully saturated rings. The highest BCUT2D eigenvalue weighted by molar-refractivity contribution is 6.48. The predicted molar refractivity (Wildman–Crippen MR) is 29.5 cm³/mol. The lowest BCUT2D eigenvalue weighted by Gasteiger charge is -2.23. The molecule has 0 aliphatic heterocycles. The van der Waals surface area contributed by atoms with Crippen molar-refractivity contribution in [2.24, 2.45) is 0 Å². The molecule has 0 saturated carbocycles. The molecule has 0 amide bonds. The molecule has 0 unspecified atom stereocenters. The molecule has 0 aliphatic carbocycles. The van der Waals surface area contributed by atoms with Gasteiger partial charge in [-0.25, -0.2) is 0 Å². The van der Waals surface area contributed by atoms with Crippen molar-refractivity contribution >= 4 is 23.2 Å². The second-order valence-corrected chi connectivity index (χ2v) is 3.23. The average molecular weight is 161 g/mol. The Hall–Kier alpha value is 0.460. The van der Waals surface area contributed by atoms with Crippen LogP contribution < -0.4 is 0 Å². The molecule has 50 valence electrons. The Morgan fingerprint density at radius 3 is 1.25 bits per heavy atom.